The third kappa shape index (κ3) is 3.76. The fraction of sp³-hybridized carbons (Fsp3) is 0.312. The van der Waals surface area contributed by atoms with Crippen LogP contribution in [0.3, 0.4) is 0 Å². The van der Waals surface area contributed by atoms with Gasteiger partial charge in [0.15, 0.2) is 0 Å². The summed E-state index contributed by atoms with van der Waals surface area (Å²) in [7, 11) is 3.48. The molecule has 2 rings (SSSR count). The number of anilines is 2. The summed E-state index contributed by atoms with van der Waals surface area (Å²) in [5, 5.41) is 3.32. The first-order chi connectivity index (χ1) is 10.0. The molecular weight excluding hydrogens is 282 g/mol. The van der Waals surface area contributed by atoms with Crippen LogP contribution in [0.5, 0.6) is 0 Å². The molecule has 1 aromatic carbocycles. The highest BCUT2D eigenvalue weighted by molar-refractivity contribution is 7.12. The average Bonchev–Trinajstić information content (AvgIpc) is 2.93. The van der Waals surface area contributed by atoms with E-state index in [0.29, 0.717) is 17.8 Å². The van der Waals surface area contributed by atoms with Crippen LogP contribution in [-0.2, 0) is 13.0 Å². The Labute approximate surface area is 129 Å². The first kappa shape index (κ1) is 15.4. The van der Waals surface area contributed by atoms with Gasteiger partial charge in [-0.3, -0.25) is 4.79 Å². The number of carbonyl (C=O) groups excluding carboxylic acids is 1. The van der Waals surface area contributed by atoms with Gasteiger partial charge in [0.05, 0.1) is 11.4 Å². The molecule has 0 bridgehead atoms. The number of hydrogen-bond donors (Lipinski definition) is 2. The molecule has 0 saturated carbocycles. The van der Waals surface area contributed by atoms with Gasteiger partial charge in [-0.05, 0) is 36.8 Å². The fourth-order valence-corrected chi connectivity index (χ4v) is 2.89. The lowest BCUT2D eigenvalue weighted by Gasteiger charge is -2.13. The summed E-state index contributed by atoms with van der Waals surface area (Å²) in [5.41, 5.74) is 8.06. The van der Waals surface area contributed by atoms with Crippen LogP contribution >= 0.6 is 11.3 Å². The van der Waals surface area contributed by atoms with Crippen LogP contribution in [0.2, 0.25) is 0 Å². The molecular formula is C16H21N3OS. The number of hydrogen-bond acceptors (Lipinski definition) is 4. The number of rotatable bonds is 5. The van der Waals surface area contributed by atoms with Gasteiger partial charge in [0.2, 0.25) is 0 Å². The highest BCUT2D eigenvalue weighted by Crippen LogP contribution is 2.23. The molecule has 0 spiro atoms. The minimum Gasteiger partial charge on any atom is -0.397 e. The average molecular weight is 303 g/mol. The zero-order valence-corrected chi connectivity index (χ0v) is 13.5. The Hall–Kier alpha value is -2.01. The number of nitrogens with zero attached hydrogens (tertiary/aromatic N) is 1. The summed E-state index contributed by atoms with van der Waals surface area (Å²) in [4.78, 5) is 16.2. The lowest BCUT2D eigenvalue weighted by molar-refractivity contribution is 0.0827. The van der Waals surface area contributed by atoms with Crippen LogP contribution < -0.4 is 11.1 Å². The highest BCUT2D eigenvalue weighted by atomic mass is 32.1. The standard InChI is InChI=1S/C16H21N3OS/c1-4-12-6-7-13(21-12)10-18-15-9-11(5-8-14(15)17)16(20)19(2)3/h5-9,18H,4,10,17H2,1-3H3. The van der Waals surface area contributed by atoms with Crippen molar-refractivity contribution in [1.29, 1.82) is 0 Å². The summed E-state index contributed by atoms with van der Waals surface area (Å²) in [6, 6.07) is 9.61. The molecule has 1 amide bonds. The molecule has 0 atom stereocenters. The van der Waals surface area contributed by atoms with Crippen molar-refractivity contribution in [2.75, 3.05) is 25.1 Å². The van der Waals surface area contributed by atoms with E-state index in [2.05, 4.69) is 24.4 Å². The van der Waals surface area contributed by atoms with E-state index < -0.39 is 0 Å². The van der Waals surface area contributed by atoms with Gasteiger partial charge >= 0.3 is 0 Å². The Morgan fingerprint density at radius 2 is 1.95 bits per heavy atom. The van der Waals surface area contributed by atoms with Gasteiger partial charge in [-0.1, -0.05) is 6.92 Å². The number of benzene rings is 1. The van der Waals surface area contributed by atoms with Gasteiger partial charge < -0.3 is 16.0 Å². The molecule has 2 aromatic rings. The molecule has 0 radical (unpaired) electrons. The summed E-state index contributed by atoms with van der Waals surface area (Å²) >= 11 is 1.79. The maximum absolute atomic E-state index is 12.0. The number of nitrogen functional groups attached to an aromatic ring is 1. The van der Waals surface area contributed by atoms with Crippen molar-refractivity contribution in [3.63, 3.8) is 0 Å². The topological polar surface area (TPSA) is 58.4 Å². The zero-order chi connectivity index (χ0) is 15.4. The smallest absolute Gasteiger partial charge is 0.253 e. The lowest BCUT2D eigenvalue weighted by atomic mass is 10.1. The molecule has 0 saturated heterocycles. The van der Waals surface area contributed by atoms with Crippen LogP contribution in [0.15, 0.2) is 30.3 Å². The first-order valence-corrected chi connectivity index (χ1v) is 7.75. The monoisotopic (exact) mass is 303 g/mol. The van der Waals surface area contributed by atoms with Crippen molar-refractivity contribution in [2.45, 2.75) is 19.9 Å². The Balaban J connectivity index is 2.11. The molecule has 4 nitrogen and oxygen atoms in total. The predicted octanol–water partition coefficient (Wildman–Crippen LogP) is 3.21. The SMILES string of the molecule is CCc1ccc(CNc2cc(C(=O)N(C)C)ccc2N)s1. The molecule has 0 aliphatic heterocycles. The highest BCUT2D eigenvalue weighted by Gasteiger charge is 2.10. The van der Waals surface area contributed by atoms with Crippen LogP contribution in [0.4, 0.5) is 11.4 Å². The van der Waals surface area contributed by atoms with Crippen LogP contribution in [0.1, 0.15) is 27.0 Å². The third-order valence-corrected chi connectivity index (χ3v) is 4.45. The second-order valence-corrected chi connectivity index (χ2v) is 6.33. The van der Waals surface area contributed by atoms with Crippen molar-refractivity contribution >= 4 is 28.6 Å². The normalized spacial score (nSPS) is 10.4. The van der Waals surface area contributed by atoms with Crippen molar-refractivity contribution < 1.29 is 4.79 Å². The minimum absolute atomic E-state index is 0.0255. The van der Waals surface area contributed by atoms with Crippen molar-refractivity contribution in [3.05, 3.63) is 45.6 Å². The predicted molar refractivity (Wildman–Crippen MR) is 89.9 cm³/mol. The zero-order valence-electron chi connectivity index (χ0n) is 12.6. The third-order valence-electron chi connectivity index (χ3n) is 3.23. The first-order valence-electron chi connectivity index (χ1n) is 6.94. The number of nitrogens with one attached hydrogen (secondary N) is 1. The van der Waals surface area contributed by atoms with E-state index in [9.17, 15) is 4.79 Å². The Kier molecular flexibility index (Phi) is 4.85. The second-order valence-electron chi connectivity index (χ2n) is 5.08. The van der Waals surface area contributed by atoms with Gasteiger partial charge in [-0.2, -0.15) is 0 Å². The minimum atomic E-state index is -0.0255. The van der Waals surface area contributed by atoms with Crippen LogP contribution in [0.25, 0.3) is 0 Å². The van der Waals surface area contributed by atoms with Crippen molar-refractivity contribution in [3.8, 4) is 0 Å². The second kappa shape index (κ2) is 6.63. The van der Waals surface area contributed by atoms with Gasteiger partial charge in [-0.15, -0.1) is 11.3 Å². The van der Waals surface area contributed by atoms with Crippen LogP contribution in [0, 0.1) is 0 Å². The van der Waals surface area contributed by atoms with E-state index >= 15 is 0 Å². The maximum Gasteiger partial charge on any atom is 0.253 e. The lowest BCUT2D eigenvalue weighted by Crippen LogP contribution is -2.21. The molecule has 21 heavy (non-hydrogen) atoms. The summed E-state index contributed by atoms with van der Waals surface area (Å²) < 4.78 is 0. The van der Waals surface area contributed by atoms with E-state index in [1.165, 1.54) is 9.75 Å². The molecule has 0 unspecified atom stereocenters. The Bertz CT molecular complexity index is 634. The molecule has 3 N–H and O–H groups in total. The molecule has 0 aliphatic carbocycles. The van der Waals surface area contributed by atoms with Gasteiger partial charge in [0, 0.05) is 36.0 Å². The Morgan fingerprint density at radius 1 is 1.24 bits per heavy atom. The maximum atomic E-state index is 12.0. The van der Waals surface area contributed by atoms with Crippen molar-refractivity contribution in [2.24, 2.45) is 0 Å². The largest absolute Gasteiger partial charge is 0.397 e. The Morgan fingerprint density at radius 3 is 2.57 bits per heavy atom. The summed E-state index contributed by atoms with van der Waals surface area (Å²) in [6.45, 7) is 2.87. The molecule has 0 fully saturated rings. The quantitative estimate of drug-likeness (QED) is 0.834. The van der Waals surface area contributed by atoms with Gasteiger partial charge in [-0.25, -0.2) is 0 Å². The van der Waals surface area contributed by atoms with Crippen LogP contribution in [-0.4, -0.2) is 24.9 Å². The van der Waals surface area contributed by atoms with E-state index in [-0.39, 0.29) is 5.91 Å². The molecule has 112 valence electrons. The van der Waals surface area contributed by atoms with Crippen molar-refractivity contribution in [1.82, 2.24) is 4.90 Å². The number of thiophene rings is 1. The van der Waals surface area contributed by atoms with E-state index in [4.69, 9.17) is 5.73 Å². The van der Waals surface area contributed by atoms with Gasteiger partial charge in [0.1, 0.15) is 0 Å². The van der Waals surface area contributed by atoms with E-state index in [0.717, 1.165) is 12.1 Å². The summed E-state index contributed by atoms with van der Waals surface area (Å²) in [5.74, 6) is -0.0255. The van der Waals surface area contributed by atoms with E-state index in [1.54, 1.807) is 42.5 Å². The van der Waals surface area contributed by atoms with E-state index in [1.807, 2.05) is 6.07 Å². The van der Waals surface area contributed by atoms with Gasteiger partial charge in [0.25, 0.3) is 5.91 Å². The number of aryl methyl sites for hydroxylation is 1. The number of nitrogens with two attached hydrogens (primary N) is 1. The fourth-order valence-electron chi connectivity index (χ4n) is 1.99. The molecule has 1 aromatic heterocycles. The number of carbonyl (C=O) groups is 1. The molecule has 5 heteroatoms. The molecule has 1 heterocycles. The number of amides is 1. The summed E-state index contributed by atoms with van der Waals surface area (Å²) in [6.07, 6.45) is 1.06. The molecule has 0 aliphatic rings.